The maximum absolute atomic E-state index is 12.7. The van der Waals surface area contributed by atoms with Crippen molar-refractivity contribution >= 4 is 0 Å². The number of nitrogens with one attached hydrogen (secondary N) is 1. The minimum Gasteiger partial charge on any atom is -0.310 e. The van der Waals surface area contributed by atoms with Crippen LogP contribution in [0, 0.1) is 11.8 Å². The Balaban J connectivity index is 2.02. The van der Waals surface area contributed by atoms with Gasteiger partial charge in [0, 0.05) is 24.8 Å². The summed E-state index contributed by atoms with van der Waals surface area (Å²) in [5.41, 5.74) is 1.07. The summed E-state index contributed by atoms with van der Waals surface area (Å²) in [7, 11) is 1.85. The van der Waals surface area contributed by atoms with Gasteiger partial charge < -0.3 is 5.32 Å². The largest absolute Gasteiger partial charge is 0.391 e. The van der Waals surface area contributed by atoms with Gasteiger partial charge in [0.1, 0.15) is 0 Å². The first-order valence-electron chi connectivity index (χ1n) is 7.20. The molecule has 1 fully saturated rings. The van der Waals surface area contributed by atoms with Crippen LogP contribution in [0.3, 0.4) is 0 Å². The Bertz CT molecular complexity index is 420. The molecule has 1 N–H and O–H groups in total. The summed E-state index contributed by atoms with van der Waals surface area (Å²) in [6, 6.07) is 0.114. The normalized spacial score (nSPS) is 25.6. The number of nitrogens with zero attached hydrogens (tertiary/aromatic N) is 2. The van der Waals surface area contributed by atoms with Gasteiger partial charge in [-0.15, -0.1) is 0 Å². The van der Waals surface area contributed by atoms with E-state index in [1.807, 2.05) is 26.4 Å². The maximum Gasteiger partial charge on any atom is 0.391 e. The average molecular weight is 289 g/mol. The predicted molar refractivity (Wildman–Crippen MR) is 71.1 cm³/mol. The molecule has 6 heteroatoms. The molecule has 0 amide bonds. The summed E-state index contributed by atoms with van der Waals surface area (Å²) < 4.78 is 39.9. The highest BCUT2D eigenvalue weighted by atomic mass is 19.4. The zero-order chi connectivity index (χ0) is 14.8. The van der Waals surface area contributed by atoms with Gasteiger partial charge in [0.15, 0.2) is 0 Å². The molecule has 0 spiro atoms. The van der Waals surface area contributed by atoms with Gasteiger partial charge in [0.05, 0.1) is 12.1 Å². The minimum absolute atomic E-state index is 0.114. The molecule has 1 atom stereocenters. The highest BCUT2D eigenvalue weighted by molar-refractivity contribution is 5.12. The number of aryl methyl sites for hydroxylation is 1. The number of aromatic nitrogens is 2. The molecule has 114 valence electrons. The number of hydrogen-bond acceptors (Lipinski definition) is 2. The number of rotatable bonds is 4. The molecule has 1 unspecified atom stereocenters. The molecule has 1 aliphatic rings. The zero-order valence-electron chi connectivity index (χ0n) is 12.0. The van der Waals surface area contributed by atoms with Crippen LogP contribution >= 0.6 is 0 Å². The van der Waals surface area contributed by atoms with Crippen molar-refractivity contribution < 1.29 is 13.2 Å². The van der Waals surface area contributed by atoms with Crippen molar-refractivity contribution in [2.24, 2.45) is 18.9 Å². The van der Waals surface area contributed by atoms with Crippen LogP contribution in [-0.2, 0) is 7.05 Å². The van der Waals surface area contributed by atoms with E-state index in [1.54, 1.807) is 4.68 Å². The van der Waals surface area contributed by atoms with Crippen LogP contribution in [0.2, 0.25) is 0 Å². The molecule has 3 nitrogen and oxygen atoms in total. The average Bonchev–Trinajstić information content (AvgIpc) is 2.81. The summed E-state index contributed by atoms with van der Waals surface area (Å²) in [6.45, 7) is 2.82. The third-order valence-corrected chi connectivity index (χ3v) is 4.21. The second-order valence-corrected chi connectivity index (χ2v) is 5.64. The van der Waals surface area contributed by atoms with Crippen molar-refractivity contribution in [3.8, 4) is 0 Å². The number of hydrogen-bond donors (Lipinski definition) is 1. The summed E-state index contributed by atoms with van der Waals surface area (Å²) in [6.07, 6.45) is 1.46. The van der Waals surface area contributed by atoms with Crippen LogP contribution in [0.15, 0.2) is 12.4 Å². The lowest BCUT2D eigenvalue weighted by Crippen LogP contribution is -2.34. The van der Waals surface area contributed by atoms with Gasteiger partial charge in [-0.2, -0.15) is 18.3 Å². The van der Waals surface area contributed by atoms with Crippen LogP contribution in [-0.4, -0.2) is 22.5 Å². The van der Waals surface area contributed by atoms with E-state index in [2.05, 4.69) is 10.4 Å². The third kappa shape index (κ3) is 3.53. The molecule has 2 rings (SSSR count). The van der Waals surface area contributed by atoms with E-state index < -0.39 is 12.1 Å². The third-order valence-electron chi connectivity index (χ3n) is 4.21. The molecular weight excluding hydrogens is 267 g/mol. The summed E-state index contributed by atoms with van der Waals surface area (Å²) in [5, 5.41) is 7.57. The highest BCUT2D eigenvalue weighted by Crippen LogP contribution is 2.43. The van der Waals surface area contributed by atoms with Crippen molar-refractivity contribution in [3.63, 3.8) is 0 Å². The lowest BCUT2D eigenvalue weighted by atomic mass is 9.77. The SMILES string of the molecule is CCNC(c1cnn(C)c1)C1CCC(C(F)(F)F)CC1. The van der Waals surface area contributed by atoms with Crippen LogP contribution in [0.5, 0.6) is 0 Å². The number of alkyl halides is 3. The van der Waals surface area contributed by atoms with E-state index >= 15 is 0 Å². The minimum atomic E-state index is -4.03. The van der Waals surface area contributed by atoms with E-state index in [0.717, 1.165) is 12.1 Å². The fourth-order valence-corrected chi connectivity index (χ4v) is 3.16. The summed E-state index contributed by atoms with van der Waals surface area (Å²) in [4.78, 5) is 0. The smallest absolute Gasteiger partial charge is 0.310 e. The second kappa shape index (κ2) is 6.16. The van der Waals surface area contributed by atoms with Crippen LogP contribution < -0.4 is 5.32 Å². The molecule has 1 aromatic rings. The van der Waals surface area contributed by atoms with Crippen molar-refractivity contribution in [1.29, 1.82) is 0 Å². The Morgan fingerprint density at radius 3 is 2.45 bits per heavy atom. The molecule has 0 saturated heterocycles. The number of halogens is 3. The molecule has 0 aliphatic heterocycles. The first kappa shape index (κ1) is 15.4. The van der Waals surface area contributed by atoms with Crippen LogP contribution in [0.4, 0.5) is 13.2 Å². The highest BCUT2D eigenvalue weighted by Gasteiger charge is 2.42. The van der Waals surface area contributed by atoms with Gasteiger partial charge in [0.2, 0.25) is 0 Å². The van der Waals surface area contributed by atoms with Gasteiger partial charge in [0.25, 0.3) is 0 Å². The summed E-state index contributed by atoms with van der Waals surface area (Å²) >= 11 is 0. The van der Waals surface area contributed by atoms with Gasteiger partial charge in [-0.25, -0.2) is 0 Å². The van der Waals surface area contributed by atoms with E-state index in [4.69, 9.17) is 0 Å². The monoisotopic (exact) mass is 289 g/mol. The second-order valence-electron chi connectivity index (χ2n) is 5.64. The van der Waals surface area contributed by atoms with Crippen molar-refractivity contribution in [1.82, 2.24) is 15.1 Å². The molecule has 0 aromatic carbocycles. The van der Waals surface area contributed by atoms with E-state index in [0.29, 0.717) is 12.8 Å². The topological polar surface area (TPSA) is 29.9 Å². The van der Waals surface area contributed by atoms with Crippen molar-refractivity contribution in [3.05, 3.63) is 18.0 Å². The standard InChI is InChI=1S/C14H22F3N3/c1-3-18-13(11-8-19-20(2)9-11)10-4-6-12(7-5-10)14(15,16)17/h8-10,12-13,18H,3-7H2,1-2H3. The Kier molecular flexibility index (Phi) is 4.73. The van der Waals surface area contributed by atoms with E-state index in [-0.39, 0.29) is 24.8 Å². The van der Waals surface area contributed by atoms with Gasteiger partial charge in [-0.1, -0.05) is 6.92 Å². The molecular formula is C14H22F3N3. The molecule has 1 saturated carbocycles. The Morgan fingerprint density at radius 1 is 1.35 bits per heavy atom. The van der Waals surface area contributed by atoms with Crippen LogP contribution in [0.25, 0.3) is 0 Å². The summed E-state index contributed by atoms with van der Waals surface area (Å²) in [5.74, 6) is -0.854. The van der Waals surface area contributed by atoms with Crippen molar-refractivity contribution in [2.45, 2.75) is 44.8 Å². The molecule has 20 heavy (non-hydrogen) atoms. The quantitative estimate of drug-likeness (QED) is 0.920. The Morgan fingerprint density at radius 2 is 2.00 bits per heavy atom. The molecule has 1 aliphatic carbocycles. The van der Waals surface area contributed by atoms with Gasteiger partial charge >= 0.3 is 6.18 Å². The lowest BCUT2D eigenvalue weighted by Gasteiger charge is -2.34. The van der Waals surface area contributed by atoms with E-state index in [1.165, 1.54) is 0 Å². The fraction of sp³-hybridized carbons (Fsp3) is 0.786. The van der Waals surface area contributed by atoms with E-state index in [9.17, 15) is 13.2 Å². The molecule has 0 bridgehead atoms. The molecule has 1 aromatic heterocycles. The predicted octanol–water partition coefficient (Wildman–Crippen LogP) is 3.44. The molecule has 0 radical (unpaired) electrons. The van der Waals surface area contributed by atoms with Crippen LogP contribution in [0.1, 0.15) is 44.2 Å². The zero-order valence-corrected chi connectivity index (χ0v) is 12.0. The van der Waals surface area contributed by atoms with Gasteiger partial charge in [-0.05, 0) is 38.1 Å². The fourth-order valence-electron chi connectivity index (χ4n) is 3.16. The Labute approximate surface area is 117 Å². The maximum atomic E-state index is 12.7. The lowest BCUT2D eigenvalue weighted by molar-refractivity contribution is -0.184. The van der Waals surface area contributed by atoms with Crippen molar-refractivity contribution in [2.75, 3.05) is 6.54 Å². The first-order chi connectivity index (χ1) is 9.41. The molecule has 1 heterocycles. The Hall–Kier alpha value is -1.04. The first-order valence-corrected chi connectivity index (χ1v) is 7.20. The van der Waals surface area contributed by atoms with Gasteiger partial charge in [-0.3, -0.25) is 4.68 Å².